The minimum atomic E-state index is -2.75. The molecule has 0 amide bonds. The Balaban J connectivity index is 2.71. The molecule has 15 heavy (non-hydrogen) atoms. The van der Waals surface area contributed by atoms with Crippen molar-refractivity contribution in [3.8, 4) is 5.75 Å². The van der Waals surface area contributed by atoms with E-state index < -0.39 is 17.9 Å². The van der Waals surface area contributed by atoms with Crippen LogP contribution in [-0.4, -0.2) is 10.1 Å². The van der Waals surface area contributed by atoms with E-state index in [9.17, 15) is 13.9 Å². The third-order valence-corrected chi connectivity index (χ3v) is 2.19. The summed E-state index contributed by atoms with van der Waals surface area (Å²) in [6.07, 6.45) is -2.75. The molecule has 1 N–H and O–H groups in total. The third kappa shape index (κ3) is 1.75. The third-order valence-electron chi connectivity index (χ3n) is 2.19. The monoisotopic (exact) mass is 209 g/mol. The van der Waals surface area contributed by atoms with E-state index in [0.717, 1.165) is 5.56 Å². The van der Waals surface area contributed by atoms with Crippen molar-refractivity contribution in [3.05, 3.63) is 35.5 Å². The molecule has 1 aromatic carbocycles. The van der Waals surface area contributed by atoms with Gasteiger partial charge < -0.3 is 5.11 Å². The second-order valence-corrected chi connectivity index (χ2v) is 3.39. The van der Waals surface area contributed by atoms with E-state index in [1.54, 1.807) is 18.2 Å². The molecule has 1 aromatic heterocycles. The Kier molecular flexibility index (Phi) is 2.26. The minimum Gasteiger partial charge on any atom is -0.506 e. The number of hydrogen-bond acceptors (Lipinski definition) is 2. The summed E-state index contributed by atoms with van der Waals surface area (Å²) < 4.78 is 24.8. The smallest absolute Gasteiger partial charge is 0.284 e. The average molecular weight is 209 g/mol. The normalized spacial score (nSPS) is 11.2. The number of fused-ring (bicyclic) bond motifs is 1. The van der Waals surface area contributed by atoms with E-state index >= 15 is 0 Å². The van der Waals surface area contributed by atoms with Crippen LogP contribution in [0, 0.1) is 6.92 Å². The van der Waals surface area contributed by atoms with Crippen molar-refractivity contribution in [1.29, 1.82) is 0 Å². The Morgan fingerprint density at radius 1 is 1.27 bits per heavy atom. The average Bonchev–Trinajstić information content (AvgIpc) is 2.15. The Morgan fingerprint density at radius 2 is 2.00 bits per heavy atom. The first-order valence-corrected chi connectivity index (χ1v) is 4.46. The van der Waals surface area contributed by atoms with E-state index in [-0.39, 0.29) is 0 Å². The molecule has 4 heteroatoms. The maximum Gasteiger partial charge on any atom is 0.284 e. The maximum absolute atomic E-state index is 12.4. The quantitative estimate of drug-likeness (QED) is 0.782. The van der Waals surface area contributed by atoms with Gasteiger partial charge in [0.15, 0.2) is 0 Å². The van der Waals surface area contributed by atoms with Crippen LogP contribution in [0.3, 0.4) is 0 Å². The van der Waals surface area contributed by atoms with E-state index in [4.69, 9.17) is 0 Å². The van der Waals surface area contributed by atoms with Crippen LogP contribution < -0.4 is 0 Å². The molecule has 2 aromatic rings. The molecule has 0 radical (unpaired) electrons. The van der Waals surface area contributed by atoms with Crippen LogP contribution in [0.25, 0.3) is 10.9 Å². The fourth-order valence-corrected chi connectivity index (χ4v) is 1.46. The van der Waals surface area contributed by atoms with Gasteiger partial charge in [-0.2, -0.15) is 0 Å². The summed E-state index contributed by atoms with van der Waals surface area (Å²) in [4.78, 5) is 3.72. The summed E-state index contributed by atoms with van der Waals surface area (Å²) in [5.41, 5.74) is 0.897. The van der Waals surface area contributed by atoms with Gasteiger partial charge in [-0.25, -0.2) is 13.8 Å². The van der Waals surface area contributed by atoms with Crippen LogP contribution >= 0.6 is 0 Å². The molecule has 78 valence electrons. The predicted octanol–water partition coefficient (Wildman–Crippen LogP) is 3.19. The van der Waals surface area contributed by atoms with E-state index in [1.165, 1.54) is 6.07 Å². The fraction of sp³-hybridized carbons (Fsp3) is 0.182. The lowest BCUT2D eigenvalue weighted by molar-refractivity contribution is 0.142. The van der Waals surface area contributed by atoms with Gasteiger partial charge in [0.2, 0.25) is 0 Å². The number of rotatable bonds is 1. The molecule has 0 aliphatic rings. The molecule has 1 heterocycles. The van der Waals surface area contributed by atoms with Crippen LogP contribution in [0.2, 0.25) is 0 Å². The van der Waals surface area contributed by atoms with Crippen molar-refractivity contribution < 1.29 is 13.9 Å². The fourth-order valence-electron chi connectivity index (χ4n) is 1.46. The van der Waals surface area contributed by atoms with Gasteiger partial charge in [0.1, 0.15) is 11.4 Å². The van der Waals surface area contributed by atoms with Gasteiger partial charge in [0.05, 0.1) is 5.52 Å². The lowest BCUT2D eigenvalue weighted by Crippen LogP contribution is -1.92. The van der Waals surface area contributed by atoms with Crippen LogP contribution in [-0.2, 0) is 0 Å². The van der Waals surface area contributed by atoms with Gasteiger partial charge in [-0.05, 0) is 25.1 Å². The zero-order valence-corrected chi connectivity index (χ0v) is 8.04. The molecular weight excluding hydrogens is 200 g/mol. The number of alkyl halides is 2. The summed E-state index contributed by atoms with van der Waals surface area (Å²) >= 11 is 0. The molecule has 2 rings (SSSR count). The van der Waals surface area contributed by atoms with Crippen LogP contribution in [0.5, 0.6) is 5.75 Å². The zero-order valence-electron chi connectivity index (χ0n) is 8.04. The first kappa shape index (κ1) is 9.83. The van der Waals surface area contributed by atoms with Crippen molar-refractivity contribution in [2.45, 2.75) is 13.3 Å². The predicted molar refractivity (Wildman–Crippen MR) is 53.1 cm³/mol. The van der Waals surface area contributed by atoms with Gasteiger partial charge in [-0.3, -0.25) is 0 Å². The first-order chi connectivity index (χ1) is 7.08. The van der Waals surface area contributed by atoms with Crippen molar-refractivity contribution in [1.82, 2.24) is 4.98 Å². The molecule has 0 atom stereocenters. The highest BCUT2D eigenvalue weighted by molar-refractivity contribution is 5.81. The number of aromatic hydroxyl groups is 1. The highest BCUT2D eigenvalue weighted by Gasteiger charge is 2.15. The maximum atomic E-state index is 12.4. The molecular formula is C11H9F2NO. The number of hydrogen-bond donors (Lipinski definition) is 1. The summed E-state index contributed by atoms with van der Waals surface area (Å²) in [5, 5.41) is 9.99. The van der Waals surface area contributed by atoms with Crippen LogP contribution in [0.15, 0.2) is 24.3 Å². The molecule has 0 fully saturated rings. The number of nitrogens with zero attached hydrogens (tertiary/aromatic N) is 1. The van der Waals surface area contributed by atoms with Crippen molar-refractivity contribution in [2.24, 2.45) is 0 Å². The van der Waals surface area contributed by atoms with Crippen molar-refractivity contribution in [3.63, 3.8) is 0 Å². The minimum absolute atomic E-state index is 0.455. The zero-order chi connectivity index (χ0) is 11.0. The summed E-state index contributed by atoms with van der Waals surface area (Å²) in [6, 6.07) is 6.56. The molecule has 0 saturated carbocycles. The second-order valence-electron chi connectivity index (χ2n) is 3.39. The number of pyridine rings is 1. The summed E-state index contributed by atoms with van der Waals surface area (Å²) in [6.45, 7) is 1.89. The SMILES string of the molecule is Cc1ccc2nc(C(F)F)c(O)cc2c1. The topological polar surface area (TPSA) is 33.1 Å². The van der Waals surface area contributed by atoms with Gasteiger partial charge in [0, 0.05) is 5.39 Å². The van der Waals surface area contributed by atoms with Gasteiger partial charge in [-0.15, -0.1) is 0 Å². The molecule has 0 aliphatic heterocycles. The van der Waals surface area contributed by atoms with E-state index in [1.807, 2.05) is 6.92 Å². The van der Waals surface area contributed by atoms with Gasteiger partial charge >= 0.3 is 0 Å². The number of benzene rings is 1. The Bertz CT molecular complexity index is 511. The van der Waals surface area contributed by atoms with Crippen molar-refractivity contribution >= 4 is 10.9 Å². The Hall–Kier alpha value is -1.71. The van der Waals surface area contributed by atoms with Gasteiger partial charge in [-0.1, -0.05) is 11.6 Å². The summed E-state index contributed by atoms with van der Waals surface area (Å²) in [7, 11) is 0. The van der Waals surface area contributed by atoms with E-state index in [0.29, 0.717) is 10.9 Å². The number of aryl methyl sites for hydroxylation is 1. The molecule has 0 unspecified atom stereocenters. The first-order valence-electron chi connectivity index (χ1n) is 4.46. The molecule has 0 spiro atoms. The van der Waals surface area contributed by atoms with Crippen molar-refractivity contribution in [2.75, 3.05) is 0 Å². The lowest BCUT2D eigenvalue weighted by atomic mass is 10.1. The van der Waals surface area contributed by atoms with E-state index in [2.05, 4.69) is 4.98 Å². The lowest BCUT2D eigenvalue weighted by Gasteiger charge is -2.05. The standard InChI is InChI=1S/C11H9F2NO/c1-6-2-3-8-7(4-6)5-9(15)10(14-8)11(12)13/h2-5,11,15H,1H3. The van der Waals surface area contributed by atoms with Gasteiger partial charge in [0.25, 0.3) is 6.43 Å². The molecule has 2 nitrogen and oxygen atoms in total. The Labute approximate surface area is 85.2 Å². The number of aromatic nitrogens is 1. The summed E-state index contributed by atoms with van der Waals surface area (Å²) in [5.74, 6) is -0.455. The molecule has 0 bridgehead atoms. The molecule has 0 saturated heterocycles. The Morgan fingerprint density at radius 3 is 2.67 bits per heavy atom. The highest BCUT2D eigenvalue weighted by atomic mass is 19.3. The largest absolute Gasteiger partial charge is 0.506 e. The molecule has 0 aliphatic carbocycles. The van der Waals surface area contributed by atoms with Crippen LogP contribution in [0.1, 0.15) is 17.7 Å². The number of halogens is 2. The highest BCUT2D eigenvalue weighted by Crippen LogP contribution is 2.29. The second kappa shape index (κ2) is 3.46. The van der Waals surface area contributed by atoms with Crippen LogP contribution in [0.4, 0.5) is 8.78 Å².